The molecule has 0 N–H and O–H groups in total. The molecule has 1 aliphatic rings. The van der Waals surface area contributed by atoms with Crippen molar-refractivity contribution in [3.05, 3.63) is 47.4 Å². The van der Waals surface area contributed by atoms with E-state index in [4.69, 9.17) is 11.6 Å². The molecule has 136 valence electrons. The Labute approximate surface area is 151 Å². The zero-order chi connectivity index (χ0) is 18.3. The molecule has 1 aromatic carbocycles. The van der Waals surface area contributed by atoms with Crippen molar-refractivity contribution in [1.29, 1.82) is 0 Å². The Morgan fingerprint density at radius 3 is 2.46 bits per heavy atom. The van der Waals surface area contributed by atoms with E-state index in [0.29, 0.717) is 42.8 Å². The zero-order valence-corrected chi connectivity index (χ0v) is 14.2. The van der Waals surface area contributed by atoms with E-state index in [1.165, 1.54) is 18.5 Å². The fourth-order valence-electron chi connectivity index (χ4n) is 3.07. The second-order valence-corrected chi connectivity index (χ2v) is 6.32. The molecule has 0 unspecified atom stereocenters. The van der Waals surface area contributed by atoms with Crippen LogP contribution in [0.25, 0.3) is 5.78 Å². The molecule has 3 heterocycles. The van der Waals surface area contributed by atoms with Gasteiger partial charge in [0, 0.05) is 37.9 Å². The summed E-state index contributed by atoms with van der Waals surface area (Å²) in [6.45, 7) is 2.39. The number of aromatic nitrogens is 4. The van der Waals surface area contributed by atoms with E-state index < -0.39 is 11.7 Å². The quantitative estimate of drug-likeness (QED) is 0.637. The molecular formula is C16H14ClF3N6. The molecule has 26 heavy (non-hydrogen) atoms. The molecule has 1 saturated heterocycles. The van der Waals surface area contributed by atoms with Crippen molar-refractivity contribution < 1.29 is 13.2 Å². The van der Waals surface area contributed by atoms with E-state index in [1.807, 2.05) is 4.90 Å². The normalized spacial score (nSPS) is 15.7. The van der Waals surface area contributed by atoms with Crippen molar-refractivity contribution in [3.8, 4) is 0 Å². The van der Waals surface area contributed by atoms with Crippen molar-refractivity contribution in [3.63, 3.8) is 0 Å². The smallest absolute Gasteiger partial charge is 0.368 e. The minimum absolute atomic E-state index is 0.320. The summed E-state index contributed by atoms with van der Waals surface area (Å²) in [5, 5.41) is 4.48. The lowest BCUT2D eigenvalue weighted by molar-refractivity contribution is -0.137. The molecule has 6 nitrogen and oxygen atoms in total. The number of benzene rings is 1. The molecule has 0 bridgehead atoms. The standard InChI is InChI=1S/C16H14ClF3N6/c17-13-9-14(26-15(23-13)21-10-22-26)25-6-4-24(5-7-25)12-3-1-2-11(8-12)16(18,19)20/h1-3,8-10H,4-7H2. The van der Waals surface area contributed by atoms with Crippen molar-refractivity contribution in [2.45, 2.75) is 6.18 Å². The van der Waals surface area contributed by atoms with E-state index in [2.05, 4.69) is 20.0 Å². The number of fused-ring (bicyclic) bond motifs is 1. The van der Waals surface area contributed by atoms with Crippen molar-refractivity contribution in [1.82, 2.24) is 19.6 Å². The van der Waals surface area contributed by atoms with E-state index in [1.54, 1.807) is 16.6 Å². The number of rotatable bonds is 2. The molecule has 10 heteroatoms. The zero-order valence-electron chi connectivity index (χ0n) is 13.5. The highest BCUT2D eigenvalue weighted by Crippen LogP contribution is 2.32. The van der Waals surface area contributed by atoms with Gasteiger partial charge in [0.25, 0.3) is 5.78 Å². The topological polar surface area (TPSA) is 49.6 Å². The predicted octanol–water partition coefficient (Wildman–Crippen LogP) is 3.12. The summed E-state index contributed by atoms with van der Waals surface area (Å²) in [5.41, 5.74) is -0.0687. The van der Waals surface area contributed by atoms with Crippen LogP contribution in [0.15, 0.2) is 36.7 Å². The fraction of sp³-hybridized carbons (Fsp3) is 0.312. The largest absolute Gasteiger partial charge is 0.416 e. The maximum atomic E-state index is 12.9. The number of alkyl halides is 3. The predicted molar refractivity (Wildman–Crippen MR) is 91.7 cm³/mol. The maximum absolute atomic E-state index is 12.9. The second kappa shape index (κ2) is 6.31. The van der Waals surface area contributed by atoms with Crippen LogP contribution in [-0.2, 0) is 6.18 Å². The van der Waals surface area contributed by atoms with Gasteiger partial charge >= 0.3 is 6.18 Å². The first-order chi connectivity index (χ1) is 12.4. The first kappa shape index (κ1) is 16.9. The van der Waals surface area contributed by atoms with E-state index in [-0.39, 0.29) is 0 Å². The summed E-state index contributed by atoms with van der Waals surface area (Å²) in [4.78, 5) is 12.1. The van der Waals surface area contributed by atoms with Gasteiger partial charge in [0.05, 0.1) is 5.56 Å². The van der Waals surface area contributed by atoms with E-state index >= 15 is 0 Å². The number of hydrogen-bond donors (Lipinski definition) is 0. The fourth-order valence-corrected chi connectivity index (χ4v) is 3.24. The van der Waals surface area contributed by atoms with Gasteiger partial charge in [0.2, 0.25) is 0 Å². The van der Waals surface area contributed by atoms with Gasteiger partial charge in [-0.05, 0) is 18.2 Å². The van der Waals surface area contributed by atoms with Crippen LogP contribution in [-0.4, -0.2) is 45.8 Å². The highest BCUT2D eigenvalue weighted by atomic mass is 35.5. The van der Waals surface area contributed by atoms with Crippen LogP contribution in [0.4, 0.5) is 24.7 Å². The van der Waals surface area contributed by atoms with Gasteiger partial charge in [0.1, 0.15) is 17.3 Å². The number of hydrogen-bond acceptors (Lipinski definition) is 5. The Balaban J connectivity index is 1.53. The van der Waals surface area contributed by atoms with Crippen LogP contribution < -0.4 is 9.80 Å². The molecular weight excluding hydrogens is 369 g/mol. The highest BCUT2D eigenvalue weighted by molar-refractivity contribution is 6.29. The van der Waals surface area contributed by atoms with E-state index in [0.717, 1.165) is 11.9 Å². The first-order valence-corrected chi connectivity index (χ1v) is 8.33. The molecule has 0 aliphatic carbocycles. The Bertz CT molecular complexity index is 933. The van der Waals surface area contributed by atoms with Gasteiger partial charge in [0.15, 0.2) is 0 Å². The molecule has 0 spiro atoms. The summed E-state index contributed by atoms with van der Waals surface area (Å²) >= 11 is 6.05. The molecule has 2 aromatic heterocycles. The van der Waals surface area contributed by atoms with Crippen molar-refractivity contribution in [2.24, 2.45) is 0 Å². The Hall–Kier alpha value is -2.55. The lowest BCUT2D eigenvalue weighted by atomic mass is 10.1. The third-order valence-corrected chi connectivity index (χ3v) is 4.54. The Morgan fingerprint density at radius 1 is 1.00 bits per heavy atom. The van der Waals surface area contributed by atoms with Gasteiger partial charge in [-0.25, -0.2) is 0 Å². The number of anilines is 2. The number of piperazine rings is 1. The summed E-state index contributed by atoms with van der Waals surface area (Å²) in [6.07, 6.45) is -2.94. The minimum Gasteiger partial charge on any atom is -0.368 e. The van der Waals surface area contributed by atoms with Crippen LogP contribution in [0.3, 0.4) is 0 Å². The van der Waals surface area contributed by atoms with Gasteiger partial charge < -0.3 is 9.80 Å². The number of nitrogens with zero attached hydrogens (tertiary/aromatic N) is 6. The van der Waals surface area contributed by atoms with Crippen LogP contribution in [0.1, 0.15) is 5.56 Å². The Kier molecular flexibility index (Phi) is 4.10. The highest BCUT2D eigenvalue weighted by Gasteiger charge is 2.31. The monoisotopic (exact) mass is 382 g/mol. The summed E-state index contributed by atoms with van der Waals surface area (Å²) in [7, 11) is 0. The van der Waals surface area contributed by atoms with E-state index in [9.17, 15) is 13.2 Å². The maximum Gasteiger partial charge on any atom is 0.416 e. The van der Waals surface area contributed by atoms with Gasteiger partial charge in [-0.15, -0.1) is 0 Å². The van der Waals surface area contributed by atoms with Crippen molar-refractivity contribution >= 4 is 28.9 Å². The number of halogens is 4. The molecule has 0 radical (unpaired) electrons. The third-order valence-electron chi connectivity index (χ3n) is 4.34. The molecule has 0 saturated carbocycles. The van der Waals surface area contributed by atoms with Crippen LogP contribution >= 0.6 is 11.6 Å². The van der Waals surface area contributed by atoms with Gasteiger partial charge in [-0.1, -0.05) is 17.7 Å². The second-order valence-electron chi connectivity index (χ2n) is 5.93. The summed E-state index contributed by atoms with van der Waals surface area (Å²) < 4.78 is 40.3. The average molecular weight is 383 g/mol. The minimum atomic E-state index is -4.34. The average Bonchev–Trinajstić information content (AvgIpc) is 3.09. The molecule has 4 rings (SSSR count). The lowest BCUT2D eigenvalue weighted by Crippen LogP contribution is -2.47. The summed E-state index contributed by atoms with van der Waals surface area (Å²) in [5.74, 6) is 1.18. The first-order valence-electron chi connectivity index (χ1n) is 7.95. The molecule has 1 fully saturated rings. The van der Waals surface area contributed by atoms with Crippen molar-refractivity contribution in [2.75, 3.05) is 36.0 Å². The molecule has 0 atom stereocenters. The van der Waals surface area contributed by atoms with Crippen LogP contribution in [0, 0.1) is 0 Å². The molecule has 1 aliphatic heterocycles. The molecule has 0 amide bonds. The SMILES string of the molecule is FC(F)(F)c1cccc(N2CCN(c3cc(Cl)nc4ncnn34)CC2)c1. The van der Waals surface area contributed by atoms with Crippen LogP contribution in [0.2, 0.25) is 5.15 Å². The van der Waals surface area contributed by atoms with Gasteiger partial charge in [-0.2, -0.15) is 32.8 Å². The summed E-state index contributed by atoms with van der Waals surface area (Å²) in [6, 6.07) is 7.12. The van der Waals surface area contributed by atoms with Gasteiger partial charge in [-0.3, -0.25) is 0 Å². The molecule has 3 aromatic rings. The Morgan fingerprint density at radius 2 is 1.73 bits per heavy atom. The van der Waals surface area contributed by atoms with Crippen LogP contribution in [0.5, 0.6) is 0 Å². The lowest BCUT2D eigenvalue weighted by Gasteiger charge is -2.37. The third kappa shape index (κ3) is 3.14.